The molecule has 2 nitrogen and oxygen atoms in total. The van der Waals surface area contributed by atoms with Gasteiger partial charge in [0, 0.05) is 6.21 Å². The van der Waals surface area contributed by atoms with Gasteiger partial charge in [0.15, 0.2) is 11.6 Å². The van der Waals surface area contributed by atoms with E-state index < -0.39 is 11.6 Å². The molecule has 0 N–H and O–H groups in total. The summed E-state index contributed by atoms with van der Waals surface area (Å²) in [4.78, 5) is 4.74. The van der Waals surface area contributed by atoms with E-state index in [2.05, 4.69) is 5.16 Å². The van der Waals surface area contributed by atoms with Gasteiger partial charge in [-0.25, -0.2) is 8.78 Å². The van der Waals surface area contributed by atoms with E-state index in [9.17, 15) is 8.78 Å². The summed E-state index contributed by atoms with van der Waals surface area (Å²) in [5.74, 6) is -1.73. The molecule has 1 rings (SSSR count). The van der Waals surface area contributed by atoms with Crippen molar-refractivity contribution in [2.45, 2.75) is 13.5 Å². The van der Waals surface area contributed by atoms with E-state index in [1.807, 2.05) is 0 Å². The van der Waals surface area contributed by atoms with Crippen molar-refractivity contribution < 1.29 is 13.6 Å². The average Bonchev–Trinajstić information content (AvgIpc) is 2.12. The summed E-state index contributed by atoms with van der Waals surface area (Å²) in [6, 6.07) is 3.59. The maximum absolute atomic E-state index is 12.6. The highest BCUT2D eigenvalue weighted by Gasteiger charge is 2.01. The van der Waals surface area contributed by atoms with E-state index in [0.717, 1.165) is 12.1 Å². The van der Waals surface area contributed by atoms with Gasteiger partial charge in [0.25, 0.3) is 0 Å². The fourth-order valence-electron chi connectivity index (χ4n) is 0.816. The fraction of sp³-hybridized carbons (Fsp3) is 0.222. The van der Waals surface area contributed by atoms with Crippen LogP contribution in [0.15, 0.2) is 23.4 Å². The Hall–Kier alpha value is -1.45. The van der Waals surface area contributed by atoms with Crippen LogP contribution in [-0.2, 0) is 11.4 Å². The van der Waals surface area contributed by atoms with E-state index >= 15 is 0 Å². The fourth-order valence-corrected chi connectivity index (χ4v) is 0.816. The van der Waals surface area contributed by atoms with Gasteiger partial charge < -0.3 is 4.84 Å². The Morgan fingerprint density at radius 2 is 2.15 bits per heavy atom. The van der Waals surface area contributed by atoms with Crippen LogP contribution in [0.1, 0.15) is 12.5 Å². The first kappa shape index (κ1) is 9.64. The standard InChI is InChI=1S/C9H9F2NO/c1-2-12-13-6-7-3-4-8(10)9(11)5-7/h2-5H,6H2,1H3/b12-2+. The van der Waals surface area contributed by atoms with Crippen LogP contribution in [0.5, 0.6) is 0 Å². The van der Waals surface area contributed by atoms with Crippen molar-refractivity contribution in [1.29, 1.82) is 0 Å². The van der Waals surface area contributed by atoms with E-state index in [-0.39, 0.29) is 6.61 Å². The smallest absolute Gasteiger partial charge is 0.159 e. The van der Waals surface area contributed by atoms with Crippen molar-refractivity contribution in [1.82, 2.24) is 0 Å². The predicted octanol–water partition coefficient (Wildman–Crippen LogP) is 2.49. The largest absolute Gasteiger partial charge is 0.391 e. The van der Waals surface area contributed by atoms with Gasteiger partial charge in [-0.2, -0.15) is 0 Å². The van der Waals surface area contributed by atoms with Gasteiger partial charge in [0.2, 0.25) is 0 Å². The third kappa shape index (κ3) is 2.82. The number of nitrogens with zero attached hydrogens (tertiary/aromatic N) is 1. The van der Waals surface area contributed by atoms with Crippen molar-refractivity contribution in [2.24, 2.45) is 5.16 Å². The van der Waals surface area contributed by atoms with Crippen LogP contribution < -0.4 is 0 Å². The number of hydrogen-bond donors (Lipinski definition) is 0. The predicted molar refractivity (Wildman–Crippen MR) is 45.3 cm³/mol. The first-order valence-corrected chi connectivity index (χ1v) is 3.78. The van der Waals surface area contributed by atoms with Crippen molar-refractivity contribution in [3.8, 4) is 0 Å². The number of oxime groups is 1. The molecular formula is C9H9F2NO. The summed E-state index contributed by atoms with van der Waals surface area (Å²) >= 11 is 0. The van der Waals surface area contributed by atoms with Crippen molar-refractivity contribution in [3.63, 3.8) is 0 Å². The Morgan fingerprint density at radius 3 is 2.77 bits per heavy atom. The van der Waals surface area contributed by atoms with Crippen LogP contribution in [0.2, 0.25) is 0 Å². The van der Waals surface area contributed by atoms with Gasteiger partial charge in [0.1, 0.15) is 6.61 Å². The molecule has 0 atom stereocenters. The molecule has 1 aromatic carbocycles. The monoisotopic (exact) mass is 185 g/mol. The van der Waals surface area contributed by atoms with Crippen LogP contribution in [0.25, 0.3) is 0 Å². The minimum Gasteiger partial charge on any atom is -0.391 e. The Labute approximate surface area is 74.8 Å². The minimum absolute atomic E-state index is 0.140. The van der Waals surface area contributed by atoms with Crippen molar-refractivity contribution >= 4 is 6.21 Å². The Morgan fingerprint density at radius 1 is 1.38 bits per heavy atom. The molecule has 0 saturated carbocycles. The van der Waals surface area contributed by atoms with E-state index in [0.29, 0.717) is 5.56 Å². The number of rotatable bonds is 3. The second kappa shape index (κ2) is 4.54. The Balaban J connectivity index is 2.63. The second-order valence-corrected chi connectivity index (χ2v) is 2.39. The molecular weight excluding hydrogens is 176 g/mol. The molecule has 0 aliphatic rings. The molecule has 0 spiro atoms. The molecule has 0 unspecified atom stereocenters. The lowest BCUT2D eigenvalue weighted by molar-refractivity contribution is 0.131. The van der Waals surface area contributed by atoms with Gasteiger partial charge in [-0.3, -0.25) is 0 Å². The van der Waals surface area contributed by atoms with Crippen molar-refractivity contribution in [2.75, 3.05) is 0 Å². The highest BCUT2D eigenvalue weighted by molar-refractivity contribution is 5.52. The molecule has 0 saturated heterocycles. The van der Waals surface area contributed by atoms with Crippen LogP contribution in [-0.4, -0.2) is 6.21 Å². The topological polar surface area (TPSA) is 21.6 Å². The lowest BCUT2D eigenvalue weighted by atomic mass is 10.2. The van der Waals surface area contributed by atoms with Gasteiger partial charge in [-0.15, -0.1) is 0 Å². The van der Waals surface area contributed by atoms with E-state index in [1.165, 1.54) is 12.3 Å². The quantitative estimate of drug-likeness (QED) is 0.523. The SMILES string of the molecule is C/C=N/OCc1ccc(F)c(F)c1. The molecule has 70 valence electrons. The Bertz CT molecular complexity index is 312. The van der Waals surface area contributed by atoms with E-state index in [1.54, 1.807) is 6.92 Å². The molecule has 0 aromatic heterocycles. The molecule has 0 aliphatic heterocycles. The molecule has 1 aromatic rings. The number of hydrogen-bond acceptors (Lipinski definition) is 2. The third-order valence-electron chi connectivity index (χ3n) is 1.40. The normalized spacial score (nSPS) is 10.7. The molecule has 0 radical (unpaired) electrons. The number of benzene rings is 1. The maximum Gasteiger partial charge on any atom is 0.159 e. The highest BCUT2D eigenvalue weighted by Crippen LogP contribution is 2.09. The first-order valence-electron chi connectivity index (χ1n) is 3.78. The maximum atomic E-state index is 12.6. The summed E-state index contributed by atoms with van der Waals surface area (Å²) in [5.41, 5.74) is 0.546. The van der Waals surface area contributed by atoms with Gasteiger partial charge in [0.05, 0.1) is 0 Å². The minimum atomic E-state index is -0.874. The van der Waals surface area contributed by atoms with Crippen molar-refractivity contribution in [3.05, 3.63) is 35.4 Å². The summed E-state index contributed by atoms with van der Waals surface area (Å²) in [6.07, 6.45) is 1.47. The second-order valence-electron chi connectivity index (χ2n) is 2.39. The molecule has 0 aliphatic carbocycles. The van der Waals surface area contributed by atoms with Gasteiger partial charge in [-0.05, 0) is 24.6 Å². The zero-order valence-electron chi connectivity index (χ0n) is 7.13. The molecule has 0 heterocycles. The zero-order valence-corrected chi connectivity index (χ0v) is 7.13. The number of halogens is 2. The van der Waals surface area contributed by atoms with Gasteiger partial charge >= 0.3 is 0 Å². The van der Waals surface area contributed by atoms with E-state index in [4.69, 9.17) is 4.84 Å². The Kier molecular flexibility index (Phi) is 3.37. The molecule has 13 heavy (non-hydrogen) atoms. The lowest BCUT2D eigenvalue weighted by Gasteiger charge is -1.99. The molecule has 0 amide bonds. The summed E-state index contributed by atoms with van der Waals surface area (Å²) in [5, 5.41) is 3.48. The first-order chi connectivity index (χ1) is 6.24. The molecule has 0 bridgehead atoms. The summed E-state index contributed by atoms with van der Waals surface area (Å²) < 4.78 is 25.1. The summed E-state index contributed by atoms with van der Waals surface area (Å²) in [6.45, 7) is 1.84. The lowest BCUT2D eigenvalue weighted by Crippen LogP contribution is -1.90. The van der Waals surface area contributed by atoms with Gasteiger partial charge in [-0.1, -0.05) is 11.2 Å². The zero-order chi connectivity index (χ0) is 9.68. The van der Waals surface area contributed by atoms with Crippen LogP contribution in [0, 0.1) is 11.6 Å². The molecule has 4 heteroatoms. The van der Waals surface area contributed by atoms with Crippen LogP contribution >= 0.6 is 0 Å². The van der Waals surface area contributed by atoms with Crippen LogP contribution in [0.3, 0.4) is 0 Å². The molecule has 0 fully saturated rings. The average molecular weight is 185 g/mol. The third-order valence-corrected chi connectivity index (χ3v) is 1.40. The highest BCUT2D eigenvalue weighted by atomic mass is 19.2. The van der Waals surface area contributed by atoms with Crippen LogP contribution in [0.4, 0.5) is 8.78 Å². The summed E-state index contributed by atoms with van der Waals surface area (Å²) in [7, 11) is 0.